The van der Waals surface area contributed by atoms with Crippen LogP contribution in [0.25, 0.3) is 10.9 Å². The minimum atomic E-state index is 0.850. The van der Waals surface area contributed by atoms with Crippen molar-refractivity contribution in [1.82, 2.24) is 10.3 Å². The first-order valence-corrected chi connectivity index (χ1v) is 4.78. The number of fused-ring (bicyclic) bond motifs is 1. The molecule has 2 rings (SSSR count). The van der Waals surface area contributed by atoms with Crippen molar-refractivity contribution in [1.29, 1.82) is 0 Å². The Bertz CT molecular complexity index is 429. The Morgan fingerprint density at radius 1 is 1.36 bits per heavy atom. The van der Waals surface area contributed by atoms with Crippen molar-refractivity contribution in [2.24, 2.45) is 0 Å². The summed E-state index contributed by atoms with van der Waals surface area (Å²) in [7, 11) is 0. The molecule has 0 radical (unpaired) electrons. The van der Waals surface area contributed by atoms with Gasteiger partial charge in [-0.3, -0.25) is 0 Å². The van der Waals surface area contributed by atoms with Crippen LogP contribution < -0.4 is 5.32 Å². The molecule has 0 saturated carbocycles. The molecule has 1 aromatic heterocycles. The first kappa shape index (κ1) is 9.03. The van der Waals surface area contributed by atoms with Crippen LogP contribution >= 0.6 is 0 Å². The van der Waals surface area contributed by atoms with Crippen LogP contribution in [0.4, 0.5) is 0 Å². The lowest BCUT2D eigenvalue weighted by atomic mass is 10.1. The minimum absolute atomic E-state index is 0.850. The Morgan fingerprint density at radius 2 is 2.29 bits per heavy atom. The van der Waals surface area contributed by atoms with E-state index in [2.05, 4.69) is 41.1 Å². The Balaban J connectivity index is 2.13. The van der Waals surface area contributed by atoms with Gasteiger partial charge in [0.05, 0.1) is 0 Å². The second kappa shape index (κ2) is 4.11. The van der Waals surface area contributed by atoms with Gasteiger partial charge in [-0.25, -0.2) is 0 Å². The number of rotatable bonds is 4. The molecule has 0 amide bonds. The molecule has 1 aromatic carbocycles. The summed E-state index contributed by atoms with van der Waals surface area (Å²) in [5.41, 5.74) is 2.49. The molecule has 1 heterocycles. The second-order valence-corrected chi connectivity index (χ2v) is 3.32. The lowest BCUT2D eigenvalue weighted by Gasteiger charge is -2.01. The van der Waals surface area contributed by atoms with Crippen molar-refractivity contribution in [2.45, 2.75) is 6.54 Å². The lowest BCUT2D eigenvalue weighted by Crippen LogP contribution is -2.12. The van der Waals surface area contributed by atoms with E-state index in [9.17, 15) is 0 Å². The molecule has 0 atom stereocenters. The van der Waals surface area contributed by atoms with Gasteiger partial charge in [-0.2, -0.15) is 0 Å². The van der Waals surface area contributed by atoms with Crippen LogP contribution in [0.5, 0.6) is 0 Å². The number of benzene rings is 1. The number of aromatic nitrogens is 1. The predicted octanol–water partition coefficient (Wildman–Crippen LogP) is 2.44. The molecule has 0 aliphatic rings. The molecule has 14 heavy (non-hydrogen) atoms. The zero-order valence-electron chi connectivity index (χ0n) is 8.09. The van der Waals surface area contributed by atoms with Gasteiger partial charge in [0.1, 0.15) is 0 Å². The Labute approximate surface area is 83.6 Å². The van der Waals surface area contributed by atoms with Crippen LogP contribution in [0.1, 0.15) is 5.56 Å². The molecule has 72 valence electrons. The van der Waals surface area contributed by atoms with E-state index in [0.29, 0.717) is 0 Å². The van der Waals surface area contributed by atoms with Gasteiger partial charge >= 0.3 is 0 Å². The summed E-state index contributed by atoms with van der Waals surface area (Å²) in [6.45, 7) is 5.40. The predicted molar refractivity (Wildman–Crippen MR) is 60.2 cm³/mol. The zero-order valence-corrected chi connectivity index (χ0v) is 8.09. The normalized spacial score (nSPS) is 10.6. The summed E-state index contributed by atoms with van der Waals surface area (Å²) < 4.78 is 0. The van der Waals surface area contributed by atoms with Gasteiger partial charge in [0.15, 0.2) is 0 Å². The number of hydrogen-bond acceptors (Lipinski definition) is 1. The van der Waals surface area contributed by atoms with E-state index < -0.39 is 0 Å². The molecule has 0 aliphatic carbocycles. The van der Waals surface area contributed by atoms with Gasteiger partial charge in [0, 0.05) is 24.8 Å². The summed E-state index contributed by atoms with van der Waals surface area (Å²) in [4.78, 5) is 3.20. The summed E-state index contributed by atoms with van der Waals surface area (Å²) in [5.74, 6) is 0. The fraction of sp³-hybridized carbons (Fsp3) is 0.167. The number of H-pyrrole nitrogens is 1. The Kier molecular flexibility index (Phi) is 2.65. The second-order valence-electron chi connectivity index (χ2n) is 3.32. The maximum Gasteiger partial charge on any atom is 0.0457 e. The molecular formula is C12H14N2. The van der Waals surface area contributed by atoms with Gasteiger partial charge in [-0.15, -0.1) is 6.58 Å². The van der Waals surface area contributed by atoms with Crippen molar-refractivity contribution in [3.63, 3.8) is 0 Å². The smallest absolute Gasteiger partial charge is 0.0457 e. The van der Waals surface area contributed by atoms with E-state index in [4.69, 9.17) is 0 Å². The van der Waals surface area contributed by atoms with Crippen LogP contribution in [0.2, 0.25) is 0 Å². The first-order chi connectivity index (χ1) is 6.90. The van der Waals surface area contributed by atoms with Gasteiger partial charge in [-0.05, 0) is 23.1 Å². The monoisotopic (exact) mass is 186 g/mol. The largest absolute Gasteiger partial charge is 0.361 e. The topological polar surface area (TPSA) is 27.8 Å². The van der Waals surface area contributed by atoms with E-state index in [1.54, 1.807) is 0 Å². The first-order valence-electron chi connectivity index (χ1n) is 4.78. The fourth-order valence-corrected chi connectivity index (χ4v) is 1.52. The van der Waals surface area contributed by atoms with Crippen LogP contribution in [0.15, 0.2) is 43.1 Å². The van der Waals surface area contributed by atoms with Crippen LogP contribution in [0.3, 0.4) is 0 Å². The van der Waals surface area contributed by atoms with Crippen LogP contribution in [-0.2, 0) is 6.54 Å². The molecule has 0 bridgehead atoms. The van der Waals surface area contributed by atoms with E-state index >= 15 is 0 Å². The third-order valence-corrected chi connectivity index (χ3v) is 2.24. The van der Waals surface area contributed by atoms with Gasteiger partial charge in [0.25, 0.3) is 0 Å². The molecule has 0 saturated heterocycles. The van der Waals surface area contributed by atoms with E-state index in [-0.39, 0.29) is 0 Å². The molecule has 0 unspecified atom stereocenters. The Hall–Kier alpha value is -1.54. The van der Waals surface area contributed by atoms with Crippen molar-refractivity contribution < 1.29 is 0 Å². The van der Waals surface area contributed by atoms with E-state index in [0.717, 1.165) is 13.1 Å². The third kappa shape index (κ3) is 1.86. The maximum absolute atomic E-state index is 3.66. The van der Waals surface area contributed by atoms with Crippen LogP contribution in [0, 0.1) is 0 Å². The molecule has 2 heteroatoms. The van der Waals surface area contributed by atoms with Crippen molar-refractivity contribution in [3.8, 4) is 0 Å². The van der Waals surface area contributed by atoms with Gasteiger partial charge in [-0.1, -0.05) is 18.2 Å². The molecule has 0 spiro atoms. The standard InChI is InChI=1S/C12H14N2/c1-2-6-13-9-10-3-4-11-5-7-14-12(11)8-10/h2-5,7-8,13-14H,1,6,9H2. The van der Waals surface area contributed by atoms with E-state index in [1.807, 2.05) is 12.3 Å². The number of nitrogens with one attached hydrogen (secondary N) is 2. The minimum Gasteiger partial charge on any atom is -0.361 e. The Morgan fingerprint density at radius 3 is 3.14 bits per heavy atom. The molecule has 2 N–H and O–H groups in total. The molecule has 0 aliphatic heterocycles. The SMILES string of the molecule is C=CCNCc1ccc2cc[nH]c2c1. The quantitative estimate of drug-likeness (QED) is 0.557. The van der Waals surface area contributed by atoms with Crippen molar-refractivity contribution >= 4 is 10.9 Å². The highest BCUT2D eigenvalue weighted by molar-refractivity contribution is 5.79. The molecule has 2 nitrogen and oxygen atoms in total. The highest BCUT2D eigenvalue weighted by Crippen LogP contribution is 2.13. The third-order valence-electron chi connectivity index (χ3n) is 2.24. The lowest BCUT2D eigenvalue weighted by molar-refractivity contribution is 0.761. The van der Waals surface area contributed by atoms with Crippen molar-refractivity contribution in [3.05, 3.63) is 48.7 Å². The zero-order chi connectivity index (χ0) is 9.80. The highest BCUT2D eigenvalue weighted by atomic mass is 14.8. The summed E-state index contributed by atoms with van der Waals surface area (Å²) in [6, 6.07) is 8.53. The van der Waals surface area contributed by atoms with Crippen molar-refractivity contribution in [2.75, 3.05) is 6.54 Å². The number of hydrogen-bond donors (Lipinski definition) is 2. The average molecular weight is 186 g/mol. The highest BCUT2D eigenvalue weighted by Gasteiger charge is 1.95. The molecule has 2 aromatic rings. The summed E-state index contributed by atoms with van der Waals surface area (Å²) >= 11 is 0. The van der Waals surface area contributed by atoms with E-state index in [1.165, 1.54) is 16.5 Å². The molecular weight excluding hydrogens is 172 g/mol. The molecule has 0 fully saturated rings. The number of aromatic amines is 1. The summed E-state index contributed by atoms with van der Waals surface area (Å²) in [6.07, 6.45) is 3.83. The average Bonchev–Trinajstić information content (AvgIpc) is 2.65. The fourth-order valence-electron chi connectivity index (χ4n) is 1.52. The van der Waals surface area contributed by atoms with Gasteiger partial charge < -0.3 is 10.3 Å². The van der Waals surface area contributed by atoms with Crippen LogP contribution in [-0.4, -0.2) is 11.5 Å². The van der Waals surface area contributed by atoms with Gasteiger partial charge in [0.2, 0.25) is 0 Å². The maximum atomic E-state index is 3.66. The summed E-state index contributed by atoms with van der Waals surface area (Å²) in [5, 5.41) is 4.54.